The number of carbonyl (C=O) groups excluding carboxylic acids is 2. The quantitative estimate of drug-likeness (QED) is 0.638. The first kappa shape index (κ1) is 17.6. The summed E-state index contributed by atoms with van der Waals surface area (Å²) in [7, 11) is 0. The first-order valence-corrected chi connectivity index (χ1v) is 7.82. The van der Waals surface area contributed by atoms with Crippen molar-refractivity contribution >= 4 is 58.3 Å². The lowest BCUT2D eigenvalue weighted by molar-refractivity contribution is -0.255. The van der Waals surface area contributed by atoms with Crippen LogP contribution < -0.4 is 10.4 Å². The molecule has 0 spiro atoms. The van der Waals surface area contributed by atoms with E-state index >= 15 is 0 Å². The van der Waals surface area contributed by atoms with Crippen LogP contribution in [0.1, 0.15) is 33.6 Å². The van der Waals surface area contributed by atoms with Crippen LogP contribution in [0.3, 0.4) is 0 Å². The van der Waals surface area contributed by atoms with E-state index in [-0.39, 0.29) is 33.3 Å². The lowest BCUT2D eigenvalue weighted by Crippen LogP contribution is -2.34. The van der Waals surface area contributed by atoms with E-state index in [4.69, 9.17) is 51.1 Å². The fourth-order valence-electron chi connectivity index (χ4n) is 2.14. The largest absolute Gasteiger partial charge is 0.545 e. The van der Waals surface area contributed by atoms with E-state index < -0.39 is 22.5 Å². The maximum absolute atomic E-state index is 12.3. The number of aromatic carboxylic acids is 1. The Hall–Kier alpha value is -0.720. The van der Waals surface area contributed by atoms with Crippen LogP contribution in [0.25, 0.3) is 0 Å². The molecule has 22 heavy (non-hydrogen) atoms. The molecule has 9 heteroatoms. The average Bonchev–Trinajstić information content (AvgIpc) is 2.99. The number of hydrogen-bond acceptors (Lipinski definition) is 4. The summed E-state index contributed by atoms with van der Waals surface area (Å²) in [5.41, 5.74) is -0.968. The summed E-state index contributed by atoms with van der Waals surface area (Å²) >= 11 is 23.5. The molecule has 5 nitrogen and oxygen atoms in total. The summed E-state index contributed by atoms with van der Waals surface area (Å²) in [4.78, 5) is 23.5. The van der Waals surface area contributed by atoms with Crippen LogP contribution in [-0.4, -0.2) is 31.1 Å². The van der Waals surface area contributed by atoms with Crippen LogP contribution in [0.2, 0.25) is 20.1 Å². The van der Waals surface area contributed by atoms with Gasteiger partial charge in [-0.25, -0.2) is 0 Å². The highest BCUT2D eigenvalue weighted by Gasteiger charge is 2.26. The number of halogens is 4. The fourth-order valence-corrected chi connectivity index (χ4v) is 3.15. The maximum atomic E-state index is 12.3. The standard InChI is InChI=1S/C13H11Cl4NO4/c14-8-6(12(19)18-4-5-2-1-3-22-5)7(13(20)21)9(15)11(17)10(8)16/h5H,1-4H2,(H,18,19)(H,20,21)/p-1/t5-/m1/s1. The van der Waals surface area contributed by atoms with E-state index in [1.807, 2.05) is 0 Å². The van der Waals surface area contributed by atoms with Gasteiger partial charge in [-0.1, -0.05) is 46.4 Å². The van der Waals surface area contributed by atoms with Crippen molar-refractivity contribution in [2.75, 3.05) is 13.2 Å². The summed E-state index contributed by atoms with van der Waals surface area (Å²) in [5, 5.41) is 12.7. The average molecular weight is 386 g/mol. The topological polar surface area (TPSA) is 78.5 Å². The molecule has 1 aliphatic heterocycles. The minimum absolute atomic E-state index is 0.118. The van der Waals surface area contributed by atoms with E-state index in [0.29, 0.717) is 6.61 Å². The molecular formula is C13H10Cl4NO4-. The molecule has 1 aromatic rings. The highest BCUT2D eigenvalue weighted by atomic mass is 35.5. The number of rotatable bonds is 4. The van der Waals surface area contributed by atoms with Gasteiger partial charge in [-0.05, 0) is 12.8 Å². The Labute approximate surface area is 146 Å². The molecule has 120 valence electrons. The van der Waals surface area contributed by atoms with E-state index in [1.165, 1.54) is 0 Å². The van der Waals surface area contributed by atoms with E-state index in [1.54, 1.807) is 0 Å². The van der Waals surface area contributed by atoms with E-state index in [0.717, 1.165) is 12.8 Å². The molecule has 1 aliphatic rings. The molecule has 1 amide bonds. The molecule has 0 aliphatic carbocycles. The molecule has 1 saturated heterocycles. The zero-order chi connectivity index (χ0) is 16.4. The van der Waals surface area contributed by atoms with Crippen molar-refractivity contribution in [3.63, 3.8) is 0 Å². The van der Waals surface area contributed by atoms with Crippen molar-refractivity contribution in [1.29, 1.82) is 0 Å². The Bertz CT molecular complexity index is 629. The van der Waals surface area contributed by atoms with E-state index in [9.17, 15) is 14.7 Å². The number of ether oxygens (including phenoxy) is 1. The third-order valence-electron chi connectivity index (χ3n) is 3.21. The normalized spacial score (nSPS) is 17.5. The molecule has 1 heterocycles. The van der Waals surface area contributed by atoms with Crippen LogP contribution in [0, 0.1) is 0 Å². The van der Waals surface area contributed by atoms with Crippen molar-refractivity contribution in [3.8, 4) is 0 Å². The van der Waals surface area contributed by atoms with Crippen molar-refractivity contribution in [2.45, 2.75) is 18.9 Å². The van der Waals surface area contributed by atoms with Gasteiger partial charge in [0.15, 0.2) is 0 Å². The van der Waals surface area contributed by atoms with Crippen molar-refractivity contribution in [3.05, 3.63) is 31.2 Å². The molecule has 0 unspecified atom stereocenters. The van der Waals surface area contributed by atoms with Gasteiger partial charge in [0.25, 0.3) is 5.91 Å². The molecule has 1 N–H and O–H groups in total. The van der Waals surface area contributed by atoms with Crippen molar-refractivity contribution < 1.29 is 19.4 Å². The SMILES string of the molecule is O=C([O-])c1c(Cl)c(Cl)c(Cl)c(Cl)c1C(=O)NC[C@H]1CCCO1. The Morgan fingerprint density at radius 1 is 1.09 bits per heavy atom. The van der Waals surface area contributed by atoms with Crippen LogP contribution >= 0.6 is 46.4 Å². The second-order valence-corrected chi connectivity index (χ2v) is 6.15. The number of carbonyl (C=O) groups is 2. The first-order chi connectivity index (χ1) is 10.3. The lowest BCUT2D eigenvalue weighted by Gasteiger charge is -2.18. The number of hydrogen-bond donors (Lipinski definition) is 1. The minimum Gasteiger partial charge on any atom is -0.545 e. The molecule has 1 atom stereocenters. The second kappa shape index (κ2) is 7.23. The number of carboxylic acid groups (broad SMARTS) is 1. The third kappa shape index (κ3) is 3.44. The zero-order valence-electron chi connectivity index (χ0n) is 11.1. The van der Waals surface area contributed by atoms with Gasteiger partial charge in [0.2, 0.25) is 0 Å². The second-order valence-electron chi connectivity index (χ2n) is 4.64. The number of amides is 1. The smallest absolute Gasteiger partial charge is 0.253 e. The van der Waals surface area contributed by atoms with Gasteiger partial charge >= 0.3 is 0 Å². The summed E-state index contributed by atoms with van der Waals surface area (Å²) in [6.07, 6.45) is 1.60. The maximum Gasteiger partial charge on any atom is 0.253 e. The first-order valence-electron chi connectivity index (χ1n) is 6.31. The minimum atomic E-state index is -1.67. The van der Waals surface area contributed by atoms with Crippen molar-refractivity contribution in [1.82, 2.24) is 5.32 Å². The molecule has 1 aromatic carbocycles. The van der Waals surface area contributed by atoms with Crippen molar-refractivity contribution in [2.24, 2.45) is 0 Å². The predicted octanol–water partition coefficient (Wildman–Crippen LogP) is 2.57. The van der Waals surface area contributed by atoms with Crippen LogP contribution in [0.4, 0.5) is 0 Å². The van der Waals surface area contributed by atoms with Crippen LogP contribution in [0.15, 0.2) is 0 Å². The van der Waals surface area contributed by atoms with Gasteiger partial charge in [0.05, 0.1) is 37.7 Å². The Balaban J connectivity index is 2.35. The zero-order valence-corrected chi connectivity index (χ0v) is 14.1. The fraction of sp³-hybridized carbons (Fsp3) is 0.385. The van der Waals surface area contributed by atoms with Gasteiger partial charge in [0.1, 0.15) is 0 Å². The van der Waals surface area contributed by atoms with Gasteiger partial charge in [-0.15, -0.1) is 0 Å². The van der Waals surface area contributed by atoms with Gasteiger partial charge in [-0.2, -0.15) is 0 Å². The molecule has 0 aromatic heterocycles. The van der Waals surface area contributed by atoms with Crippen LogP contribution in [-0.2, 0) is 4.74 Å². The molecule has 0 radical (unpaired) electrons. The highest BCUT2D eigenvalue weighted by molar-refractivity contribution is 6.54. The van der Waals surface area contributed by atoms with E-state index in [2.05, 4.69) is 5.32 Å². The monoisotopic (exact) mass is 384 g/mol. The Morgan fingerprint density at radius 3 is 2.18 bits per heavy atom. The molecule has 0 saturated carbocycles. The molecular weight excluding hydrogens is 376 g/mol. The molecule has 2 rings (SSSR count). The Kier molecular flexibility index (Phi) is 5.80. The predicted molar refractivity (Wildman–Crippen MR) is 82.1 cm³/mol. The number of carboxylic acids is 1. The van der Waals surface area contributed by atoms with Gasteiger partial charge in [-0.3, -0.25) is 4.79 Å². The third-order valence-corrected chi connectivity index (χ3v) is 5.01. The summed E-state index contributed by atoms with van der Waals surface area (Å²) in [6, 6.07) is 0. The summed E-state index contributed by atoms with van der Waals surface area (Å²) in [5.74, 6) is -2.41. The van der Waals surface area contributed by atoms with Gasteiger partial charge in [0, 0.05) is 18.7 Å². The molecule has 0 bridgehead atoms. The number of nitrogens with one attached hydrogen (secondary N) is 1. The lowest BCUT2D eigenvalue weighted by atomic mass is 10.1. The van der Waals surface area contributed by atoms with Crippen LogP contribution in [0.5, 0.6) is 0 Å². The number of benzene rings is 1. The van der Waals surface area contributed by atoms with Gasteiger partial charge < -0.3 is 20.0 Å². The Morgan fingerprint density at radius 2 is 1.68 bits per heavy atom. The summed E-state index contributed by atoms with van der Waals surface area (Å²) in [6.45, 7) is 0.851. The summed E-state index contributed by atoms with van der Waals surface area (Å²) < 4.78 is 5.36. The molecule has 1 fully saturated rings. The highest BCUT2D eigenvalue weighted by Crippen LogP contribution is 2.41.